The maximum atomic E-state index is 12.4. The van der Waals surface area contributed by atoms with Gasteiger partial charge in [0.15, 0.2) is 0 Å². The Hall–Kier alpha value is -3.74. The first kappa shape index (κ1) is 16.7. The normalized spacial score (nSPS) is 10.9. The third kappa shape index (κ3) is 3.35. The molecule has 0 fully saturated rings. The Morgan fingerprint density at radius 3 is 2.81 bits per heavy atom. The lowest BCUT2D eigenvalue weighted by Gasteiger charge is -2.08. The Bertz CT molecular complexity index is 1190. The van der Waals surface area contributed by atoms with Crippen molar-refractivity contribution in [3.8, 4) is 5.82 Å². The number of aromatic nitrogens is 3. The standard InChI is InChI=1S/C20H16N4O3/c1-13-21-8-9-24(13)18-10-14(6-7-22-18)12-23-19(25)16-11-15-4-2-3-5-17(15)27-20(16)26/h2-11H,12H2,1H3,(H,23,25). The number of imidazole rings is 1. The molecule has 0 saturated heterocycles. The molecule has 1 aromatic carbocycles. The molecule has 1 N–H and O–H groups in total. The zero-order valence-corrected chi connectivity index (χ0v) is 14.5. The largest absolute Gasteiger partial charge is 0.422 e. The first-order chi connectivity index (χ1) is 13.1. The van der Waals surface area contributed by atoms with Gasteiger partial charge in [-0.1, -0.05) is 18.2 Å². The number of pyridine rings is 1. The van der Waals surface area contributed by atoms with Gasteiger partial charge in [0.1, 0.15) is 22.8 Å². The minimum Gasteiger partial charge on any atom is -0.422 e. The average Bonchev–Trinajstić information content (AvgIpc) is 3.12. The minimum absolute atomic E-state index is 0.0200. The highest BCUT2D eigenvalue weighted by molar-refractivity contribution is 5.96. The molecule has 134 valence electrons. The van der Waals surface area contributed by atoms with Crippen LogP contribution in [0.3, 0.4) is 0 Å². The second-order valence-electron chi connectivity index (χ2n) is 6.03. The second-order valence-corrected chi connectivity index (χ2v) is 6.03. The van der Waals surface area contributed by atoms with Crippen LogP contribution in [0, 0.1) is 6.92 Å². The van der Waals surface area contributed by atoms with Crippen molar-refractivity contribution >= 4 is 16.9 Å². The van der Waals surface area contributed by atoms with Gasteiger partial charge in [0.2, 0.25) is 0 Å². The van der Waals surface area contributed by atoms with Crippen molar-refractivity contribution in [1.82, 2.24) is 19.9 Å². The molecule has 27 heavy (non-hydrogen) atoms. The Labute approximate surface area is 154 Å². The molecular weight excluding hydrogens is 344 g/mol. The number of carbonyl (C=O) groups is 1. The van der Waals surface area contributed by atoms with Crippen molar-refractivity contribution in [2.24, 2.45) is 0 Å². The lowest BCUT2D eigenvalue weighted by molar-refractivity contribution is 0.0947. The topological polar surface area (TPSA) is 90.0 Å². The SMILES string of the molecule is Cc1nccn1-c1cc(CNC(=O)c2cc3ccccc3oc2=O)ccn1. The second kappa shape index (κ2) is 6.87. The quantitative estimate of drug-likeness (QED) is 0.565. The third-order valence-corrected chi connectivity index (χ3v) is 4.22. The zero-order chi connectivity index (χ0) is 18.8. The number of fused-ring (bicyclic) bond motifs is 1. The van der Waals surface area contributed by atoms with Crippen LogP contribution in [0.25, 0.3) is 16.8 Å². The summed E-state index contributed by atoms with van der Waals surface area (Å²) in [5.74, 6) is 1.05. The van der Waals surface area contributed by atoms with E-state index in [4.69, 9.17) is 4.42 Å². The maximum absolute atomic E-state index is 12.4. The molecule has 0 aliphatic rings. The van der Waals surface area contributed by atoms with Gasteiger partial charge in [-0.05, 0) is 36.8 Å². The molecule has 0 atom stereocenters. The molecule has 0 bridgehead atoms. The van der Waals surface area contributed by atoms with Crippen molar-refractivity contribution in [3.05, 3.63) is 88.4 Å². The molecule has 3 heterocycles. The zero-order valence-electron chi connectivity index (χ0n) is 14.5. The van der Waals surface area contributed by atoms with E-state index in [0.717, 1.165) is 11.4 Å². The van der Waals surface area contributed by atoms with E-state index in [1.54, 1.807) is 42.7 Å². The summed E-state index contributed by atoms with van der Waals surface area (Å²) >= 11 is 0. The molecular formula is C20H16N4O3. The number of nitrogens with one attached hydrogen (secondary N) is 1. The minimum atomic E-state index is -0.657. The van der Waals surface area contributed by atoms with Crippen molar-refractivity contribution in [2.75, 3.05) is 0 Å². The lowest BCUT2D eigenvalue weighted by Crippen LogP contribution is -2.27. The fourth-order valence-electron chi connectivity index (χ4n) is 2.82. The van der Waals surface area contributed by atoms with Crippen molar-refractivity contribution in [1.29, 1.82) is 0 Å². The van der Waals surface area contributed by atoms with E-state index in [0.29, 0.717) is 16.8 Å². The Morgan fingerprint density at radius 1 is 1.15 bits per heavy atom. The van der Waals surface area contributed by atoms with E-state index in [-0.39, 0.29) is 12.1 Å². The maximum Gasteiger partial charge on any atom is 0.349 e. The number of carbonyl (C=O) groups excluding carboxylic acids is 1. The third-order valence-electron chi connectivity index (χ3n) is 4.22. The van der Waals surface area contributed by atoms with Crippen LogP contribution in [-0.4, -0.2) is 20.4 Å². The van der Waals surface area contributed by atoms with Gasteiger partial charge in [-0.15, -0.1) is 0 Å². The van der Waals surface area contributed by atoms with Crippen molar-refractivity contribution in [2.45, 2.75) is 13.5 Å². The molecule has 7 nitrogen and oxygen atoms in total. The van der Waals surface area contributed by atoms with Crippen LogP contribution in [0.15, 0.2) is 70.3 Å². The van der Waals surface area contributed by atoms with Crippen molar-refractivity contribution in [3.63, 3.8) is 0 Å². The van der Waals surface area contributed by atoms with Gasteiger partial charge in [-0.3, -0.25) is 9.36 Å². The number of amides is 1. The summed E-state index contributed by atoms with van der Waals surface area (Å²) in [5.41, 5.74) is 0.629. The molecule has 3 aromatic heterocycles. The summed E-state index contributed by atoms with van der Waals surface area (Å²) in [5, 5.41) is 3.45. The smallest absolute Gasteiger partial charge is 0.349 e. The molecule has 0 aliphatic carbocycles. The summed E-state index contributed by atoms with van der Waals surface area (Å²) in [4.78, 5) is 33.0. The summed E-state index contributed by atoms with van der Waals surface area (Å²) < 4.78 is 7.06. The van der Waals surface area contributed by atoms with Crippen LogP contribution in [-0.2, 0) is 6.54 Å². The summed E-state index contributed by atoms with van der Waals surface area (Å²) in [6, 6.07) is 12.3. The molecule has 0 radical (unpaired) electrons. The number of benzene rings is 1. The van der Waals surface area contributed by atoms with Gasteiger partial charge >= 0.3 is 5.63 Å². The first-order valence-electron chi connectivity index (χ1n) is 8.38. The van der Waals surface area contributed by atoms with Crippen LogP contribution in [0.5, 0.6) is 0 Å². The molecule has 0 saturated carbocycles. The molecule has 7 heteroatoms. The van der Waals surface area contributed by atoms with E-state index in [1.807, 2.05) is 29.8 Å². The number of para-hydroxylation sites is 1. The predicted molar refractivity (Wildman–Crippen MR) is 99.8 cm³/mol. The molecule has 1 amide bonds. The van der Waals surface area contributed by atoms with Gasteiger partial charge in [0, 0.05) is 30.5 Å². The Kier molecular flexibility index (Phi) is 4.25. The van der Waals surface area contributed by atoms with E-state index >= 15 is 0 Å². The van der Waals surface area contributed by atoms with Crippen LogP contribution in [0.2, 0.25) is 0 Å². The van der Waals surface area contributed by atoms with Crippen molar-refractivity contribution < 1.29 is 9.21 Å². The van der Waals surface area contributed by atoms with Gasteiger partial charge in [-0.25, -0.2) is 14.8 Å². The molecule has 4 aromatic rings. The van der Waals surface area contributed by atoms with Crippen LogP contribution in [0.4, 0.5) is 0 Å². The van der Waals surface area contributed by atoms with Gasteiger partial charge < -0.3 is 9.73 Å². The number of rotatable bonds is 4. The number of hydrogen-bond donors (Lipinski definition) is 1. The number of hydrogen-bond acceptors (Lipinski definition) is 5. The van der Waals surface area contributed by atoms with Crippen LogP contribution in [0.1, 0.15) is 21.7 Å². The summed E-state index contributed by atoms with van der Waals surface area (Å²) in [6.45, 7) is 2.14. The Balaban J connectivity index is 1.54. The van der Waals surface area contributed by atoms with Gasteiger partial charge in [-0.2, -0.15) is 0 Å². The Morgan fingerprint density at radius 2 is 2.00 bits per heavy atom. The average molecular weight is 360 g/mol. The first-order valence-corrected chi connectivity index (χ1v) is 8.38. The summed E-state index contributed by atoms with van der Waals surface area (Å²) in [7, 11) is 0. The monoisotopic (exact) mass is 360 g/mol. The van der Waals surface area contributed by atoms with E-state index < -0.39 is 11.5 Å². The van der Waals surface area contributed by atoms with Crippen LogP contribution >= 0.6 is 0 Å². The summed E-state index contributed by atoms with van der Waals surface area (Å²) in [6.07, 6.45) is 5.19. The predicted octanol–water partition coefficient (Wildman–Crippen LogP) is 2.61. The van der Waals surface area contributed by atoms with E-state index in [9.17, 15) is 9.59 Å². The molecule has 0 aliphatic heterocycles. The highest BCUT2D eigenvalue weighted by Gasteiger charge is 2.13. The van der Waals surface area contributed by atoms with Crippen LogP contribution < -0.4 is 10.9 Å². The lowest BCUT2D eigenvalue weighted by atomic mass is 10.1. The van der Waals surface area contributed by atoms with E-state index in [1.165, 1.54) is 0 Å². The highest BCUT2D eigenvalue weighted by Crippen LogP contribution is 2.13. The molecule has 0 unspecified atom stereocenters. The van der Waals surface area contributed by atoms with Gasteiger partial charge in [0.05, 0.1) is 0 Å². The number of aryl methyl sites for hydroxylation is 1. The number of nitrogens with zero attached hydrogens (tertiary/aromatic N) is 3. The highest BCUT2D eigenvalue weighted by atomic mass is 16.4. The van der Waals surface area contributed by atoms with Gasteiger partial charge in [0.25, 0.3) is 5.91 Å². The fraction of sp³-hybridized carbons (Fsp3) is 0.100. The molecule has 0 spiro atoms. The fourth-order valence-corrected chi connectivity index (χ4v) is 2.82. The van der Waals surface area contributed by atoms with E-state index in [2.05, 4.69) is 15.3 Å². The molecule has 4 rings (SSSR count).